The maximum absolute atomic E-state index is 9.62. The molecule has 1 aromatic heterocycles. The van der Waals surface area contributed by atoms with E-state index in [9.17, 15) is 5.11 Å². The molecule has 2 fully saturated rings. The van der Waals surface area contributed by atoms with Crippen LogP contribution in [0.2, 0.25) is 0 Å². The molecule has 5 nitrogen and oxygen atoms in total. The molecule has 5 heteroatoms. The van der Waals surface area contributed by atoms with Crippen LogP contribution in [-0.2, 0) is 0 Å². The molecule has 1 aliphatic carbocycles. The highest BCUT2D eigenvalue weighted by atomic mass is 16.3. The van der Waals surface area contributed by atoms with Gasteiger partial charge in [-0.25, -0.2) is 4.98 Å². The zero-order valence-electron chi connectivity index (χ0n) is 13.1. The van der Waals surface area contributed by atoms with Gasteiger partial charge in [-0.2, -0.15) is 4.98 Å². The molecule has 0 amide bonds. The number of aliphatic hydroxyl groups excluding tert-OH is 1. The molecule has 1 saturated carbocycles. The van der Waals surface area contributed by atoms with Crippen molar-refractivity contribution in [2.75, 3.05) is 23.3 Å². The predicted octanol–water partition coefficient (Wildman–Crippen LogP) is 2.41. The molecule has 2 aliphatic rings. The SMILES string of the molecule is Cc1nc(N2CCCC2)nc(NC2CCC(O)CC2)c1C. The van der Waals surface area contributed by atoms with Gasteiger partial charge in [-0.05, 0) is 52.4 Å². The first kappa shape index (κ1) is 14.6. The molecule has 0 unspecified atom stereocenters. The minimum Gasteiger partial charge on any atom is -0.393 e. The van der Waals surface area contributed by atoms with E-state index >= 15 is 0 Å². The minimum absolute atomic E-state index is 0.114. The van der Waals surface area contributed by atoms with Crippen LogP contribution in [-0.4, -0.2) is 40.3 Å². The number of aryl methyl sites for hydroxylation is 1. The lowest BCUT2D eigenvalue weighted by atomic mass is 9.93. The molecular formula is C16H26N4O. The van der Waals surface area contributed by atoms with Crippen molar-refractivity contribution in [3.63, 3.8) is 0 Å². The summed E-state index contributed by atoms with van der Waals surface area (Å²) < 4.78 is 0. The average molecular weight is 290 g/mol. The minimum atomic E-state index is -0.114. The second kappa shape index (κ2) is 6.18. The van der Waals surface area contributed by atoms with E-state index in [1.165, 1.54) is 12.8 Å². The van der Waals surface area contributed by atoms with Gasteiger partial charge in [0.25, 0.3) is 0 Å². The maximum Gasteiger partial charge on any atom is 0.227 e. The van der Waals surface area contributed by atoms with E-state index in [0.29, 0.717) is 6.04 Å². The summed E-state index contributed by atoms with van der Waals surface area (Å²) in [5.41, 5.74) is 2.20. The Morgan fingerprint density at radius 1 is 1.05 bits per heavy atom. The van der Waals surface area contributed by atoms with E-state index in [1.807, 2.05) is 0 Å². The number of nitrogens with zero attached hydrogens (tertiary/aromatic N) is 3. The second-order valence-corrected chi connectivity index (χ2v) is 6.43. The van der Waals surface area contributed by atoms with Gasteiger partial charge in [0, 0.05) is 30.4 Å². The van der Waals surface area contributed by atoms with Crippen molar-refractivity contribution in [2.45, 2.75) is 64.5 Å². The Balaban J connectivity index is 1.76. The summed E-state index contributed by atoms with van der Waals surface area (Å²) in [6.45, 7) is 6.28. The van der Waals surface area contributed by atoms with Crippen LogP contribution in [0.5, 0.6) is 0 Å². The fourth-order valence-electron chi connectivity index (χ4n) is 3.23. The van der Waals surface area contributed by atoms with Crippen molar-refractivity contribution in [2.24, 2.45) is 0 Å². The van der Waals surface area contributed by atoms with Crippen LogP contribution in [0.3, 0.4) is 0 Å². The first-order valence-electron chi connectivity index (χ1n) is 8.18. The van der Waals surface area contributed by atoms with Crippen molar-refractivity contribution >= 4 is 11.8 Å². The molecule has 1 saturated heterocycles. The molecule has 0 aromatic carbocycles. The Morgan fingerprint density at radius 2 is 1.71 bits per heavy atom. The molecular weight excluding hydrogens is 264 g/mol. The van der Waals surface area contributed by atoms with Crippen molar-refractivity contribution in [1.82, 2.24) is 9.97 Å². The predicted molar refractivity (Wildman–Crippen MR) is 84.8 cm³/mol. The van der Waals surface area contributed by atoms with E-state index < -0.39 is 0 Å². The second-order valence-electron chi connectivity index (χ2n) is 6.43. The summed E-state index contributed by atoms with van der Waals surface area (Å²) in [5, 5.41) is 13.2. The zero-order valence-corrected chi connectivity index (χ0v) is 13.1. The monoisotopic (exact) mass is 290 g/mol. The largest absolute Gasteiger partial charge is 0.393 e. The molecule has 0 bridgehead atoms. The molecule has 2 N–H and O–H groups in total. The van der Waals surface area contributed by atoms with Crippen molar-refractivity contribution < 1.29 is 5.11 Å². The van der Waals surface area contributed by atoms with Gasteiger partial charge in [0.15, 0.2) is 0 Å². The molecule has 3 rings (SSSR count). The number of nitrogens with one attached hydrogen (secondary N) is 1. The number of aliphatic hydroxyl groups is 1. The van der Waals surface area contributed by atoms with Gasteiger partial charge in [0.05, 0.1) is 6.10 Å². The Kier molecular flexibility index (Phi) is 4.29. The van der Waals surface area contributed by atoms with E-state index in [-0.39, 0.29) is 6.10 Å². The number of anilines is 2. The third-order valence-corrected chi connectivity index (χ3v) is 4.80. The summed E-state index contributed by atoms with van der Waals surface area (Å²) in [7, 11) is 0. The third kappa shape index (κ3) is 3.28. The van der Waals surface area contributed by atoms with Crippen LogP contribution in [0.25, 0.3) is 0 Å². The average Bonchev–Trinajstić information content (AvgIpc) is 3.00. The van der Waals surface area contributed by atoms with Crippen molar-refractivity contribution in [1.29, 1.82) is 0 Å². The van der Waals surface area contributed by atoms with Gasteiger partial charge in [-0.15, -0.1) is 0 Å². The first-order chi connectivity index (χ1) is 10.1. The van der Waals surface area contributed by atoms with Gasteiger partial charge in [0.2, 0.25) is 5.95 Å². The Bertz CT molecular complexity index is 491. The fourth-order valence-corrected chi connectivity index (χ4v) is 3.23. The van der Waals surface area contributed by atoms with Gasteiger partial charge in [-0.3, -0.25) is 0 Å². The van der Waals surface area contributed by atoms with Gasteiger partial charge >= 0.3 is 0 Å². The third-order valence-electron chi connectivity index (χ3n) is 4.80. The molecule has 0 atom stereocenters. The van der Waals surface area contributed by atoms with E-state index in [4.69, 9.17) is 4.98 Å². The summed E-state index contributed by atoms with van der Waals surface area (Å²) in [6, 6.07) is 0.424. The molecule has 116 valence electrons. The Morgan fingerprint density at radius 3 is 2.38 bits per heavy atom. The van der Waals surface area contributed by atoms with E-state index in [2.05, 4.69) is 29.0 Å². The molecule has 1 aromatic rings. The van der Waals surface area contributed by atoms with Crippen molar-refractivity contribution in [3.05, 3.63) is 11.3 Å². The summed E-state index contributed by atoms with van der Waals surface area (Å²) in [6.07, 6.45) is 6.17. The van der Waals surface area contributed by atoms with Gasteiger partial charge in [0.1, 0.15) is 5.82 Å². The van der Waals surface area contributed by atoms with E-state index in [0.717, 1.165) is 61.8 Å². The maximum atomic E-state index is 9.62. The van der Waals surface area contributed by atoms with Crippen LogP contribution < -0.4 is 10.2 Å². The fraction of sp³-hybridized carbons (Fsp3) is 0.750. The van der Waals surface area contributed by atoms with Crippen LogP contribution in [0.4, 0.5) is 11.8 Å². The first-order valence-corrected chi connectivity index (χ1v) is 8.18. The highest BCUT2D eigenvalue weighted by molar-refractivity contribution is 5.51. The summed E-state index contributed by atoms with van der Waals surface area (Å²) in [4.78, 5) is 11.7. The highest BCUT2D eigenvalue weighted by Crippen LogP contribution is 2.26. The summed E-state index contributed by atoms with van der Waals surface area (Å²) in [5.74, 6) is 1.85. The number of aromatic nitrogens is 2. The topological polar surface area (TPSA) is 61.3 Å². The lowest BCUT2D eigenvalue weighted by Gasteiger charge is -2.28. The van der Waals surface area contributed by atoms with Gasteiger partial charge < -0.3 is 15.3 Å². The van der Waals surface area contributed by atoms with Gasteiger partial charge in [-0.1, -0.05) is 0 Å². The molecule has 0 radical (unpaired) electrons. The number of hydrogen-bond acceptors (Lipinski definition) is 5. The standard InChI is InChI=1S/C16H26N4O/c1-11-12(2)17-16(20-9-3-4-10-20)19-15(11)18-13-5-7-14(21)8-6-13/h13-14,21H,3-10H2,1-2H3,(H,17,18,19). The smallest absolute Gasteiger partial charge is 0.227 e. The van der Waals surface area contributed by atoms with Crippen molar-refractivity contribution in [3.8, 4) is 0 Å². The molecule has 21 heavy (non-hydrogen) atoms. The lowest BCUT2D eigenvalue weighted by molar-refractivity contribution is 0.126. The lowest BCUT2D eigenvalue weighted by Crippen LogP contribution is -2.29. The molecule has 0 spiro atoms. The van der Waals surface area contributed by atoms with Crippen LogP contribution in [0.15, 0.2) is 0 Å². The number of hydrogen-bond donors (Lipinski definition) is 2. The quantitative estimate of drug-likeness (QED) is 0.895. The molecule has 1 aliphatic heterocycles. The molecule has 2 heterocycles. The Labute approximate surface area is 126 Å². The highest BCUT2D eigenvalue weighted by Gasteiger charge is 2.22. The van der Waals surface area contributed by atoms with Crippen LogP contribution in [0.1, 0.15) is 49.8 Å². The number of rotatable bonds is 3. The van der Waals surface area contributed by atoms with Crippen LogP contribution in [0, 0.1) is 13.8 Å². The van der Waals surface area contributed by atoms with E-state index in [1.54, 1.807) is 0 Å². The normalized spacial score (nSPS) is 26.1. The summed E-state index contributed by atoms with van der Waals surface area (Å²) >= 11 is 0. The van der Waals surface area contributed by atoms with Crippen LogP contribution >= 0.6 is 0 Å². The zero-order chi connectivity index (χ0) is 14.8. The Hall–Kier alpha value is -1.36.